The third-order valence-electron chi connectivity index (χ3n) is 4.58. The Labute approximate surface area is 172 Å². The molecule has 1 aromatic heterocycles. The summed E-state index contributed by atoms with van der Waals surface area (Å²) in [4.78, 5) is 23.9. The number of ether oxygens (including phenoxy) is 1. The van der Waals surface area contributed by atoms with Crippen LogP contribution in [-0.4, -0.2) is 49.7 Å². The van der Waals surface area contributed by atoms with E-state index in [1.807, 2.05) is 20.2 Å². The van der Waals surface area contributed by atoms with Crippen molar-refractivity contribution in [3.63, 3.8) is 0 Å². The molecule has 2 heterocycles. The van der Waals surface area contributed by atoms with E-state index >= 15 is 0 Å². The monoisotopic (exact) mass is 418 g/mol. The van der Waals surface area contributed by atoms with Gasteiger partial charge < -0.3 is 15.0 Å². The first-order valence-corrected chi connectivity index (χ1v) is 9.34. The number of halogens is 2. The number of nitrogens with one attached hydrogen (secondary N) is 1. The molecule has 0 saturated carbocycles. The number of benzene rings is 1. The van der Waals surface area contributed by atoms with Crippen molar-refractivity contribution < 1.29 is 13.9 Å². The van der Waals surface area contributed by atoms with Crippen LogP contribution in [0.4, 0.5) is 27.5 Å². The average molecular weight is 419 g/mol. The Hall–Kier alpha value is -2.96. The molecule has 1 aliphatic heterocycles. The molecule has 2 aromatic rings. The highest BCUT2D eigenvalue weighted by molar-refractivity contribution is 6.33. The third kappa shape index (κ3) is 4.55. The minimum absolute atomic E-state index is 0.0278. The summed E-state index contributed by atoms with van der Waals surface area (Å²) < 4.78 is 19.7. The standard InChI is InChI=1S/C19H20ClFN6O2/c1-26(2)16-10-23-19(24-17-14(20)7-12(9-22)8-15(17)21)25-18(16)27(11-28)13-3-5-29-6-4-13/h7-8,10-11,13H,3-6H2,1-2H3,(H,23,24,25). The quantitative estimate of drug-likeness (QED) is 0.720. The van der Waals surface area contributed by atoms with Gasteiger partial charge in [0.15, 0.2) is 5.82 Å². The van der Waals surface area contributed by atoms with Gasteiger partial charge >= 0.3 is 0 Å². The molecule has 1 aromatic carbocycles. The minimum atomic E-state index is -0.701. The Balaban J connectivity index is 1.99. The summed E-state index contributed by atoms with van der Waals surface area (Å²) in [5.41, 5.74) is 0.702. The average Bonchev–Trinajstić information content (AvgIpc) is 2.72. The van der Waals surface area contributed by atoms with Crippen LogP contribution in [0, 0.1) is 17.1 Å². The minimum Gasteiger partial charge on any atom is -0.381 e. The molecule has 29 heavy (non-hydrogen) atoms. The van der Waals surface area contributed by atoms with Crippen molar-refractivity contribution in [1.29, 1.82) is 5.26 Å². The number of anilines is 4. The lowest BCUT2D eigenvalue weighted by atomic mass is 10.1. The van der Waals surface area contributed by atoms with Gasteiger partial charge in [0.1, 0.15) is 5.82 Å². The first kappa shape index (κ1) is 20.8. The Morgan fingerprint density at radius 3 is 2.69 bits per heavy atom. The van der Waals surface area contributed by atoms with Gasteiger partial charge in [-0.25, -0.2) is 9.37 Å². The van der Waals surface area contributed by atoms with E-state index in [1.165, 1.54) is 6.07 Å². The van der Waals surface area contributed by atoms with Gasteiger partial charge in [-0.1, -0.05) is 11.6 Å². The van der Waals surface area contributed by atoms with Gasteiger partial charge in [-0.2, -0.15) is 10.2 Å². The maximum atomic E-state index is 14.4. The zero-order valence-electron chi connectivity index (χ0n) is 16.0. The van der Waals surface area contributed by atoms with E-state index in [2.05, 4.69) is 15.3 Å². The van der Waals surface area contributed by atoms with Crippen molar-refractivity contribution in [3.05, 3.63) is 34.7 Å². The fourth-order valence-electron chi connectivity index (χ4n) is 3.07. The molecule has 0 radical (unpaired) electrons. The summed E-state index contributed by atoms with van der Waals surface area (Å²) in [6, 6.07) is 4.21. The normalized spacial score (nSPS) is 14.2. The first-order valence-electron chi connectivity index (χ1n) is 8.96. The van der Waals surface area contributed by atoms with Crippen molar-refractivity contribution in [3.8, 4) is 6.07 Å². The molecule has 1 N–H and O–H groups in total. The van der Waals surface area contributed by atoms with Crippen molar-refractivity contribution in [2.45, 2.75) is 18.9 Å². The largest absolute Gasteiger partial charge is 0.381 e. The Morgan fingerprint density at radius 2 is 2.10 bits per heavy atom. The lowest BCUT2D eigenvalue weighted by Gasteiger charge is -2.32. The van der Waals surface area contributed by atoms with Crippen LogP contribution in [-0.2, 0) is 9.53 Å². The number of amides is 1. The van der Waals surface area contributed by atoms with Gasteiger partial charge in [-0.05, 0) is 25.0 Å². The van der Waals surface area contributed by atoms with Gasteiger partial charge in [0.25, 0.3) is 0 Å². The highest BCUT2D eigenvalue weighted by atomic mass is 35.5. The van der Waals surface area contributed by atoms with Crippen LogP contribution in [0.25, 0.3) is 0 Å². The topological polar surface area (TPSA) is 94.4 Å². The number of aromatic nitrogens is 2. The van der Waals surface area contributed by atoms with Crippen molar-refractivity contribution in [2.24, 2.45) is 0 Å². The SMILES string of the molecule is CN(C)c1cnc(Nc2c(F)cc(C#N)cc2Cl)nc1N(C=O)C1CCOCC1. The molecule has 1 aliphatic rings. The third-order valence-corrected chi connectivity index (χ3v) is 4.88. The zero-order chi connectivity index (χ0) is 21.0. The highest BCUT2D eigenvalue weighted by Crippen LogP contribution is 2.32. The molecule has 1 saturated heterocycles. The van der Waals surface area contributed by atoms with E-state index in [0.29, 0.717) is 37.6 Å². The predicted octanol–water partition coefficient (Wildman–Crippen LogP) is 3.09. The van der Waals surface area contributed by atoms with Gasteiger partial charge in [0, 0.05) is 33.4 Å². The summed E-state index contributed by atoms with van der Waals surface area (Å²) in [6.07, 6.45) is 3.67. The molecule has 8 nitrogen and oxygen atoms in total. The van der Waals surface area contributed by atoms with Crippen LogP contribution in [0.5, 0.6) is 0 Å². The number of rotatable bonds is 6. The lowest BCUT2D eigenvalue weighted by Crippen LogP contribution is -2.40. The van der Waals surface area contributed by atoms with Crippen molar-refractivity contribution in [2.75, 3.05) is 42.4 Å². The number of carbonyl (C=O) groups is 1. The van der Waals surface area contributed by atoms with E-state index in [1.54, 1.807) is 16.0 Å². The lowest BCUT2D eigenvalue weighted by molar-refractivity contribution is -0.108. The Bertz CT molecular complexity index is 920. The predicted molar refractivity (Wildman–Crippen MR) is 108 cm³/mol. The smallest absolute Gasteiger partial charge is 0.229 e. The van der Waals surface area contributed by atoms with E-state index in [0.717, 1.165) is 12.5 Å². The number of hydrogen-bond acceptors (Lipinski definition) is 7. The van der Waals surface area contributed by atoms with Crippen LogP contribution < -0.4 is 15.1 Å². The molecular weight excluding hydrogens is 399 g/mol. The zero-order valence-corrected chi connectivity index (χ0v) is 16.8. The van der Waals surface area contributed by atoms with Crippen LogP contribution in [0.1, 0.15) is 18.4 Å². The van der Waals surface area contributed by atoms with Gasteiger partial charge in [0.2, 0.25) is 12.4 Å². The molecule has 10 heteroatoms. The summed E-state index contributed by atoms with van der Waals surface area (Å²) >= 11 is 6.10. The van der Waals surface area contributed by atoms with Crippen LogP contribution in [0.3, 0.4) is 0 Å². The Morgan fingerprint density at radius 1 is 1.38 bits per heavy atom. The van der Waals surface area contributed by atoms with Crippen LogP contribution >= 0.6 is 11.6 Å². The van der Waals surface area contributed by atoms with Crippen LogP contribution in [0.15, 0.2) is 18.3 Å². The van der Waals surface area contributed by atoms with E-state index in [4.69, 9.17) is 21.6 Å². The van der Waals surface area contributed by atoms with Crippen molar-refractivity contribution in [1.82, 2.24) is 9.97 Å². The Kier molecular flexibility index (Phi) is 6.46. The molecule has 1 fully saturated rings. The van der Waals surface area contributed by atoms with Gasteiger partial charge in [-0.15, -0.1) is 0 Å². The van der Waals surface area contributed by atoms with Gasteiger partial charge in [0.05, 0.1) is 34.2 Å². The van der Waals surface area contributed by atoms with E-state index < -0.39 is 5.82 Å². The molecule has 0 spiro atoms. The maximum Gasteiger partial charge on any atom is 0.229 e. The molecular formula is C19H20ClFN6O2. The molecule has 0 aliphatic carbocycles. The maximum absolute atomic E-state index is 14.4. The summed E-state index contributed by atoms with van der Waals surface area (Å²) in [5, 5.41) is 11.7. The molecule has 3 rings (SSSR count). The fourth-order valence-corrected chi connectivity index (χ4v) is 3.33. The number of hydrogen-bond donors (Lipinski definition) is 1. The molecule has 0 unspecified atom stereocenters. The fraction of sp³-hybridized carbons (Fsp3) is 0.368. The molecule has 152 valence electrons. The van der Waals surface area contributed by atoms with Crippen molar-refractivity contribution >= 4 is 41.2 Å². The number of nitriles is 1. The van der Waals surface area contributed by atoms with E-state index in [9.17, 15) is 9.18 Å². The second-order valence-corrected chi connectivity index (χ2v) is 7.11. The first-order chi connectivity index (χ1) is 13.9. The number of carbonyl (C=O) groups excluding carboxylic acids is 1. The second kappa shape index (κ2) is 9.03. The van der Waals surface area contributed by atoms with E-state index in [-0.39, 0.29) is 28.3 Å². The summed E-state index contributed by atoms with van der Waals surface area (Å²) in [7, 11) is 3.64. The molecule has 1 amide bonds. The summed E-state index contributed by atoms with van der Waals surface area (Å²) in [5.74, 6) is -0.220. The van der Waals surface area contributed by atoms with Gasteiger partial charge in [-0.3, -0.25) is 9.69 Å². The summed E-state index contributed by atoms with van der Waals surface area (Å²) in [6.45, 7) is 1.13. The highest BCUT2D eigenvalue weighted by Gasteiger charge is 2.26. The number of nitrogens with zero attached hydrogens (tertiary/aromatic N) is 5. The molecule has 0 bridgehead atoms. The second-order valence-electron chi connectivity index (χ2n) is 6.70. The van der Waals surface area contributed by atoms with Crippen LogP contribution in [0.2, 0.25) is 5.02 Å². The molecule has 0 atom stereocenters.